The molecule has 0 saturated carbocycles. The predicted molar refractivity (Wildman–Crippen MR) is 94.9 cm³/mol. The number of hydrogen-bond acceptors (Lipinski definition) is 4. The quantitative estimate of drug-likeness (QED) is 0.569. The molecule has 0 aliphatic carbocycles. The van der Waals surface area contributed by atoms with Gasteiger partial charge < -0.3 is 15.1 Å². The Hall–Kier alpha value is -1.59. The highest BCUT2D eigenvalue weighted by atomic mass is 16.1. The highest BCUT2D eigenvalue weighted by molar-refractivity contribution is 5.53. The van der Waals surface area contributed by atoms with Gasteiger partial charge in [0.15, 0.2) is 0 Å². The molecule has 0 aromatic heterocycles. The second-order valence-electron chi connectivity index (χ2n) is 6.37. The Morgan fingerprint density at radius 1 is 1.09 bits per heavy atom. The van der Waals surface area contributed by atoms with Crippen LogP contribution in [0.3, 0.4) is 0 Å². The van der Waals surface area contributed by atoms with Gasteiger partial charge in [-0.3, -0.25) is 9.69 Å². The lowest BCUT2D eigenvalue weighted by Crippen LogP contribution is -2.44. The average Bonchev–Trinajstić information content (AvgIpc) is 2.57. The Bertz CT molecular complexity index is 444. The van der Waals surface area contributed by atoms with Crippen LogP contribution < -0.4 is 5.32 Å². The number of allylic oxidation sites excluding steroid dienone is 2. The lowest BCUT2D eigenvalue weighted by Gasteiger charge is -2.32. The van der Waals surface area contributed by atoms with Crippen molar-refractivity contribution in [1.29, 1.82) is 0 Å². The molecule has 0 aromatic rings. The highest BCUT2D eigenvalue weighted by Crippen LogP contribution is 2.18. The molecule has 0 spiro atoms. The first-order valence-corrected chi connectivity index (χ1v) is 8.63. The lowest BCUT2D eigenvalue weighted by molar-refractivity contribution is -0.108. The van der Waals surface area contributed by atoms with E-state index in [1.54, 1.807) is 0 Å². The predicted octanol–water partition coefficient (Wildman–Crippen LogP) is 1.42. The summed E-state index contributed by atoms with van der Waals surface area (Å²) in [6.45, 7) is 11.6. The lowest BCUT2D eigenvalue weighted by atomic mass is 10.1. The van der Waals surface area contributed by atoms with Gasteiger partial charge in [-0.05, 0) is 32.4 Å². The summed E-state index contributed by atoms with van der Waals surface area (Å²) >= 11 is 0. The Labute approximate surface area is 140 Å². The molecule has 128 valence electrons. The van der Waals surface area contributed by atoms with E-state index in [4.69, 9.17) is 0 Å². The second-order valence-corrected chi connectivity index (χ2v) is 6.37. The number of rotatable bonds is 7. The van der Waals surface area contributed by atoms with Crippen LogP contribution in [0.15, 0.2) is 36.2 Å². The molecule has 0 bridgehead atoms. The Kier molecular flexibility index (Phi) is 7.36. The van der Waals surface area contributed by atoms with E-state index in [0.29, 0.717) is 12.1 Å². The minimum atomic E-state index is 0.686. The van der Waals surface area contributed by atoms with Gasteiger partial charge in [-0.15, -0.1) is 0 Å². The van der Waals surface area contributed by atoms with Gasteiger partial charge in [-0.1, -0.05) is 18.7 Å². The first-order chi connectivity index (χ1) is 11.2. The number of nitrogens with one attached hydrogen (secondary N) is 1. The van der Waals surface area contributed by atoms with E-state index in [1.807, 2.05) is 0 Å². The third-order valence-electron chi connectivity index (χ3n) is 4.59. The molecule has 2 aliphatic heterocycles. The molecule has 2 saturated heterocycles. The van der Waals surface area contributed by atoms with Crippen molar-refractivity contribution in [2.45, 2.75) is 19.3 Å². The van der Waals surface area contributed by atoms with Crippen LogP contribution >= 0.6 is 0 Å². The van der Waals surface area contributed by atoms with Crippen LogP contribution in [-0.4, -0.2) is 74.0 Å². The molecule has 5 heteroatoms. The van der Waals surface area contributed by atoms with Crippen molar-refractivity contribution < 1.29 is 4.79 Å². The summed E-state index contributed by atoms with van der Waals surface area (Å²) in [6, 6.07) is 0. The van der Waals surface area contributed by atoms with Crippen molar-refractivity contribution in [1.82, 2.24) is 20.0 Å². The number of piperidine rings is 1. The Morgan fingerprint density at radius 3 is 2.43 bits per heavy atom. The van der Waals surface area contributed by atoms with Crippen LogP contribution in [0.25, 0.3) is 0 Å². The molecular weight excluding hydrogens is 288 g/mol. The van der Waals surface area contributed by atoms with Crippen LogP contribution in [0.2, 0.25) is 0 Å². The van der Waals surface area contributed by atoms with Crippen molar-refractivity contribution in [2.24, 2.45) is 0 Å². The van der Waals surface area contributed by atoms with Crippen LogP contribution in [0.5, 0.6) is 0 Å². The van der Waals surface area contributed by atoms with E-state index in [2.05, 4.69) is 51.9 Å². The SMILES string of the molecule is C=C(NC=O)/C(=C\C=C\CN1CCN(C)CC1)N1CCCCC1. The van der Waals surface area contributed by atoms with E-state index < -0.39 is 0 Å². The Balaban J connectivity index is 1.91. The van der Waals surface area contributed by atoms with Crippen molar-refractivity contribution in [3.8, 4) is 0 Å². The monoisotopic (exact) mass is 318 g/mol. The average molecular weight is 318 g/mol. The van der Waals surface area contributed by atoms with Gasteiger partial charge in [0.1, 0.15) is 0 Å². The zero-order valence-corrected chi connectivity index (χ0v) is 14.3. The van der Waals surface area contributed by atoms with Crippen LogP contribution in [0, 0.1) is 0 Å². The minimum Gasteiger partial charge on any atom is -0.370 e. The standard InChI is InChI=1S/C18H30N4O/c1-17(19-16-23)18(22-10-5-3-6-11-22)8-4-7-9-21-14-12-20(2)13-15-21/h4,7-8,16H,1,3,5-6,9-15H2,2H3,(H,19,23)/b7-4+,18-8+. The minimum absolute atomic E-state index is 0.686. The van der Waals surface area contributed by atoms with E-state index in [9.17, 15) is 4.79 Å². The fraction of sp³-hybridized carbons (Fsp3) is 0.611. The number of hydrogen-bond donors (Lipinski definition) is 1. The van der Waals surface area contributed by atoms with Gasteiger partial charge in [0.2, 0.25) is 6.41 Å². The smallest absolute Gasteiger partial charge is 0.211 e. The summed E-state index contributed by atoms with van der Waals surface area (Å²) in [5, 5.41) is 2.70. The molecular formula is C18H30N4O. The van der Waals surface area contributed by atoms with Crippen LogP contribution in [-0.2, 0) is 4.79 Å². The summed E-state index contributed by atoms with van der Waals surface area (Å²) in [4.78, 5) is 17.9. The number of carbonyl (C=O) groups excluding carboxylic acids is 1. The molecule has 5 nitrogen and oxygen atoms in total. The van der Waals surface area contributed by atoms with Gasteiger partial charge in [0.25, 0.3) is 0 Å². The number of likely N-dealkylation sites (N-methyl/N-ethyl adjacent to an activating group) is 1. The molecule has 0 atom stereocenters. The molecule has 1 N–H and O–H groups in total. The number of amides is 1. The third kappa shape index (κ3) is 5.84. The van der Waals surface area contributed by atoms with E-state index in [1.165, 1.54) is 19.3 Å². The van der Waals surface area contributed by atoms with Gasteiger partial charge in [-0.25, -0.2) is 0 Å². The largest absolute Gasteiger partial charge is 0.370 e. The van der Waals surface area contributed by atoms with Gasteiger partial charge in [0.05, 0.1) is 11.4 Å². The number of carbonyl (C=O) groups is 1. The first kappa shape index (κ1) is 17.8. The van der Waals surface area contributed by atoms with Gasteiger partial charge >= 0.3 is 0 Å². The summed E-state index contributed by atoms with van der Waals surface area (Å²) in [6.07, 6.45) is 10.8. The van der Waals surface area contributed by atoms with E-state index in [-0.39, 0.29) is 0 Å². The van der Waals surface area contributed by atoms with Crippen molar-refractivity contribution in [2.75, 3.05) is 52.9 Å². The topological polar surface area (TPSA) is 38.8 Å². The van der Waals surface area contributed by atoms with E-state index in [0.717, 1.165) is 51.5 Å². The number of nitrogens with zero attached hydrogens (tertiary/aromatic N) is 3. The maximum atomic E-state index is 10.7. The van der Waals surface area contributed by atoms with Crippen molar-refractivity contribution in [3.05, 3.63) is 36.2 Å². The summed E-state index contributed by atoms with van der Waals surface area (Å²) in [7, 11) is 2.17. The molecule has 0 aromatic carbocycles. The summed E-state index contributed by atoms with van der Waals surface area (Å²) in [5.41, 5.74) is 1.72. The molecule has 1 amide bonds. The van der Waals surface area contributed by atoms with Gasteiger partial charge in [-0.2, -0.15) is 0 Å². The maximum Gasteiger partial charge on any atom is 0.211 e. The molecule has 23 heavy (non-hydrogen) atoms. The highest BCUT2D eigenvalue weighted by Gasteiger charge is 2.15. The molecule has 2 fully saturated rings. The molecule has 2 heterocycles. The first-order valence-electron chi connectivity index (χ1n) is 8.63. The molecule has 2 aliphatic rings. The molecule has 2 rings (SSSR count). The molecule has 0 radical (unpaired) electrons. The van der Waals surface area contributed by atoms with Crippen molar-refractivity contribution >= 4 is 6.41 Å². The van der Waals surface area contributed by atoms with Crippen LogP contribution in [0.1, 0.15) is 19.3 Å². The Morgan fingerprint density at radius 2 is 1.78 bits per heavy atom. The van der Waals surface area contributed by atoms with E-state index >= 15 is 0 Å². The summed E-state index contributed by atoms with van der Waals surface area (Å²) < 4.78 is 0. The van der Waals surface area contributed by atoms with Gasteiger partial charge in [0, 0.05) is 45.8 Å². The number of likely N-dealkylation sites (tertiary alicyclic amines) is 1. The van der Waals surface area contributed by atoms with Crippen LogP contribution in [0.4, 0.5) is 0 Å². The zero-order valence-electron chi connectivity index (χ0n) is 14.3. The fourth-order valence-corrected chi connectivity index (χ4v) is 3.08. The third-order valence-corrected chi connectivity index (χ3v) is 4.59. The fourth-order valence-electron chi connectivity index (χ4n) is 3.08. The van der Waals surface area contributed by atoms with Crippen molar-refractivity contribution in [3.63, 3.8) is 0 Å². The maximum absolute atomic E-state index is 10.7. The number of piperazine rings is 1. The molecule has 0 unspecified atom stereocenters. The summed E-state index contributed by atoms with van der Waals surface area (Å²) in [5.74, 6) is 0. The zero-order chi connectivity index (χ0) is 16.5. The normalized spacial score (nSPS) is 21.6. The second kappa shape index (κ2) is 9.53.